The molecule has 2 aliphatic heterocycles. The zero-order valence-electron chi connectivity index (χ0n) is 6.91. The number of hydrogen-bond donors (Lipinski definition) is 1. The Morgan fingerprint density at radius 2 is 2.08 bits per heavy atom. The number of piperidine rings is 1. The van der Waals surface area contributed by atoms with Gasteiger partial charge in [-0.3, -0.25) is 0 Å². The largest absolute Gasteiger partial charge is 0.381 e. The quantitative estimate of drug-likeness (QED) is 0.596. The van der Waals surface area contributed by atoms with Crippen molar-refractivity contribution >= 4 is 0 Å². The smallest absolute Gasteiger partial charge is 0.261 e. The predicted octanol–water partition coefficient (Wildman–Crippen LogP) is 1.02. The van der Waals surface area contributed by atoms with Gasteiger partial charge < -0.3 is 10.1 Å². The van der Waals surface area contributed by atoms with Crippen molar-refractivity contribution in [3.05, 3.63) is 0 Å². The Morgan fingerprint density at radius 3 is 2.67 bits per heavy atom. The first kappa shape index (κ1) is 8.38. The van der Waals surface area contributed by atoms with Gasteiger partial charge in [0.15, 0.2) is 0 Å². The third-order valence-electron chi connectivity index (χ3n) is 2.70. The number of halogens is 2. The van der Waals surface area contributed by atoms with Gasteiger partial charge >= 0.3 is 0 Å². The molecular weight excluding hydrogens is 164 g/mol. The summed E-state index contributed by atoms with van der Waals surface area (Å²) in [7, 11) is 0. The van der Waals surface area contributed by atoms with Crippen molar-refractivity contribution in [2.45, 2.75) is 18.8 Å². The molecule has 0 aromatic rings. The Hall–Kier alpha value is -0.220. The predicted molar refractivity (Wildman–Crippen MR) is 40.3 cm³/mol. The van der Waals surface area contributed by atoms with Crippen molar-refractivity contribution in [3.63, 3.8) is 0 Å². The van der Waals surface area contributed by atoms with E-state index in [1.165, 1.54) is 0 Å². The van der Waals surface area contributed by atoms with Crippen molar-refractivity contribution in [3.8, 4) is 0 Å². The number of alkyl halides is 2. The van der Waals surface area contributed by atoms with Gasteiger partial charge in [0.05, 0.1) is 13.2 Å². The lowest BCUT2D eigenvalue weighted by Crippen LogP contribution is -2.50. The molecule has 70 valence electrons. The van der Waals surface area contributed by atoms with Gasteiger partial charge in [-0.05, 0) is 6.42 Å². The standard InChI is InChI=1S/C8H13F2NO/c9-8(10)3-7(4-11-5-8)1-2-12-6-7/h11H,1-6H2. The molecule has 1 N–H and O–H groups in total. The minimum absolute atomic E-state index is 0.00694. The van der Waals surface area contributed by atoms with Crippen molar-refractivity contribution in [1.82, 2.24) is 5.32 Å². The minimum atomic E-state index is -2.54. The van der Waals surface area contributed by atoms with E-state index in [9.17, 15) is 8.78 Å². The summed E-state index contributed by atoms with van der Waals surface area (Å²) in [5.41, 5.74) is -0.276. The monoisotopic (exact) mass is 177 g/mol. The van der Waals surface area contributed by atoms with Crippen LogP contribution in [0.1, 0.15) is 12.8 Å². The summed E-state index contributed by atoms with van der Waals surface area (Å²) in [4.78, 5) is 0. The highest BCUT2D eigenvalue weighted by molar-refractivity contribution is 4.94. The summed E-state index contributed by atoms with van der Waals surface area (Å²) in [6, 6.07) is 0. The van der Waals surface area contributed by atoms with Gasteiger partial charge in [-0.2, -0.15) is 0 Å². The van der Waals surface area contributed by atoms with E-state index >= 15 is 0 Å². The Balaban J connectivity index is 2.07. The first-order valence-electron chi connectivity index (χ1n) is 4.28. The van der Waals surface area contributed by atoms with E-state index < -0.39 is 5.92 Å². The second-order valence-corrected chi connectivity index (χ2v) is 3.94. The molecule has 12 heavy (non-hydrogen) atoms. The van der Waals surface area contributed by atoms with Gasteiger partial charge in [0, 0.05) is 25.0 Å². The third kappa shape index (κ3) is 1.45. The van der Waals surface area contributed by atoms with Crippen LogP contribution in [0.3, 0.4) is 0 Å². The molecule has 0 bridgehead atoms. The molecule has 0 amide bonds. The van der Waals surface area contributed by atoms with Crippen molar-refractivity contribution in [2.24, 2.45) is 5.41 Å². The second kappa shape index (κ2) is 2.64. The maximum Gasteiger partial charge on any atom is 0.261 e. The molecule has 0 aliphatic carbocycles. The maximum absolute atomic E-state index is 13.0. The molecule has 1 atom stereocenters. The third-order valence-corrected chi connectivity index (χ3v) is 2.70. The van der Waals surface area contributed by atoms with Gasteiger partial charge in [-0.15, -0.1) is 0 Å². The molecule has 0 saturated carbocycles. The summed E-state index contributed by atoms with van der Waals surface area (Å²) < 4.78 is 31.1. The summed E-state index contributed by atoms with van der Waals surface area (Å²) in [6.45, 7) is 1.64. The fourth-order valence-corrected chi connectivity index (χ4v) is 2.11. The van der Waals surface area contributed by atoms with Crippen LogP contribution in [0.15, 0.2) is 0 Å². The van der Waals surface area contributed by atoms with Crippen LogP contribution in [0.4, 0.5) is 8.78 Å². The highest BCUT2D eigenvalue weighted by Gasteiger charge is 2.47. The van der Waals surface area contributed by atoms with Gasteiger partial charge in [0.25, 0.3) is 5.92 Å². The molecule has 1 spiro atoms. The van der Waals surface area contributed by atoms with Crippen molar-refractivity contribution in [2.75, 3.05) is 26.3 Å². The lowest BCUT2D eigenvalue weighted by molar-refractivity contribution is -0.0700. The fraction of sp³-hybridized carbons (Fsp3) is 1.00. The van der Waals surface area contributed by atoms with Crippen LogP contribution in [-0.4, -0.2) is 32.2 Å². The van der Waals surface area contributed by atoms with Crippen LogP contribution in [0.5, 0.6) is 0 Å². The fourth-order valence-electron chi connectivity index (χ4n) is 2.11. The number of hydrogen-bond acceptors (Lipinski definition) is 2. The lowest BCUT2D eigenvalue weighted by atomic mass is 9.79. The van der Waals surface area contributed by atoms with Crippen LogP contribution < -0.4 is 5.32 Å². The average Bonchev–Trinajstić information content (AvgIpc) is 2.34. The Morgan fingerprint density at radius 1 is 1.25 bits per heavy atom. The average molecular weight is 177 g/mol. The zero-order valence-corrected chi connectivity index (χ0v) is 6.91. The lowest BCUT2D eigenvalue weighted by Gasteiger charge is -2.37. The molecule has 2 fully saturated rings. The SMILES string of the molecule is FC1(F)CNCC2(CCOC2)C1. The molecule has 0 aromatic heterocycles. The molecule has 4 heteroatoms. The molecule has 1 unspecified atom stereocenters. The molecule has 2 heterocycles. The van der Waals surface area contributed by atoms with E-state index in [1.54, 1.807) is 0 Å². The van der Waals surface area contributed by atoms with Crippen LogP contribution in [0.25, 0.3) is 0 Å². The van der Waals surface area contributed by atoms with Gasteiger partial charge in [-0.25, -0.2) is 8.78 Å². The van der Waals surface area contributed by atoms with Crippen LogP contribution in [-0.2, 0) is 4.74 Å². The minimum Gasteiger partial charge on any atom is -0.381 e. The molecule has 2 saturated heterocycles. The molecule has 2 rings (SSSR count). The van der Waals surface area contributed by atoms with Crippen LogP contribution in [0, 0.1) is 5.41 Å². The Labute approximate surface area is 70.3 Å². The van der Waals surface area contributed by atoms with E-state index in [0.29, 0.717) is 19.8 Å². The summed E-state index contributed by atoms with van der Waals surface area (Å²) >= 11 is 0. The number of nitrogens with one attached hydrogen (secondary N) is 1. The van der Waals surface area contributed by atoms with E-state index in [2.05, 4.69) is 5.32 Å². The maximum atomic E-state index is 13.0. The summed E-state index contributed by atoms with van der Waals surface area (Å²) in [5, 5.41) is 2.78. The highest BCUT2D eigenvalue weighted by Crippen LogP contribution is 2.40. The van der Waals surface area contributed by atoms with Crippen LogP contribution in [0.2, 0.25) is 0 Å². The molecule has 2 aliphatic rings. The second-order valence-electron chi connectivity index (χ2n) is 3.94. The Bertz CT molecular complexity index is 178. The van der Waals surface area contributed by atoms with E-state index in [4.69, 9.17) is 4.74 Å². The summed E-state index contributed by atoms with van der Waals surface area (Å²) in [6.07, 6.45) is 0.766. The first-order valence-corrected chi connectivity index (χ1v) is 4.28. The highest BCUT2D eigenvalue weighted by atomic mass is 19.3. The zero-order chi connectivity index (χ0) is 8.66. The normalized spacial score (nSPS) is 40.5. The number of ether oxygens (including phenoxy) is 1. The van der Waals surface area contributed by atoms with Gasteiger partial charge in [-0.1, -0.05) is 0 Å². The molecular formula is C8H13F2NO. The van der Waals surface area contributed by atoms with Gasteiger partial charge in [0.2, 0.25) is 0 Å². The molecule has 0 radical (unpaired) electrons. The number of rotatable bonds is 0. The van der Waals surface area contributed by atoms with Crippen molar-refractivity contribution in [1.29, 1.82) is 0 Å². The Kier molecular flexibility index (Phi) is 1.84. The van der Waals surface area contributed by atoms with E-state index in [1.807, 2.05) is 0 Å². The van der Waals surface area contributed by atoms with E-state index in [-0.39, 0.29) is 18.4 Å². The van der Waals surface area contributed by atoms with E-state index in [0.717, 1.165) is 6.42 Å². The molecule has 2 nitrogen and oxygen atoms in total. The topological polar surface area (TPSA) is 21.3 Å². The summed E-state index contributed by atoms with van der Waals surface area (Å²) in [5.74, 6) is -2.54. The van der Waals surface area contributed by atoms with Crippen LogP contribution >= 0.6 is 0 Å². The first-order chi connectivity index (χ1) is 5.62. The molecule has 0 aromatic carbocycles. The van der Waals surface area contributed by atoms with Gasteiger partial charge in [0.1, 0.15) is 0 Å². The van der Waals surface area contributed by atoms with Crippen molar-refractivity contribution < 1.29 is 13.5 Å².